The Bertz CT molecular complexity index is 863. The van der Waals surface area contributed by atoms with Crippen LogP contribution in [0.5, 0.6) is 0 Å². The van der Waals surface area contributed by atoms with Crippen molar-refractivity contribution in [2.75, 3.05) is 22.1 Å². The summed E-state index contributed by atoms with van der Waals surface area (Å²) in [6, 6.07) is 7.86. The first-order valence-corrected chi connectivity index (χ1v) is 8.83. The van der Waals surface area contributed by atoms with Crippen molar-refractivity contribution in [3.63, 3.8) is 0 Å². The Kier molecular flexibility index (Phi) is 5.39. The second-order valence-corrected chi connectivity index (χ2v) is 6.77. The van der Waals surface area contributed by atoms with Crippen LogP contribution in [-0.4, -0.2) is 18.5 Å². The molecule has 1 heterocycles. The summed E-state index contributed by atoms with van der Waals surface area (Å²) in [6.45, 7) is 4.31. The Hall–Kier alpha value is -2.96. The third-order valence-electron chi connectivity index (χ3n) is 4.42. The highest BCUT2D eigenvalue weighted by molar-refractivity contribution is 6.01. The van der Waals surface area contributed by atoms with Crippen LogP contribution in [0, 0.1) is 17.6 Å². The van der Waals surface area contributed by atoms with E-state index in [-0.39, 0.29) is 11.8 Å². The van der Waals surface area contributed by atoms with Gasteiger partial charge < -0.3 is 15.5 Å². The van der Waals surface area contributed by atoms with Crippen molar-refractivity contribution >= 4 is 29.0 Å². The van der Waals surface area contributed by atoms with Crippen LogP contribution in [-0.2, 0) is 11.2 Å². The second-order valence-electron chi connectivity index (χ2n) is 6.77. The van der Waals surface area contributed by atoms with Crippen LogP contribution >= 0.6 is 0 Å². The summed E-state index contributed by atoms with van der Waals surface area (Å²) in [6.07, 6.45) is 1.73. The van der Waals surface area contributed by atoms with Gasteiger partial charge in [0, 0.05) is 23.8 Å². The molecule has 0 atom stereocenters. The van der Waals surface area contributed by atoms with Gasteiger partial charge in [-0.25, -0.2) is 13.6 Å². The molecule has 0 radical (unpaired) electrons. The first kappa shape index (κ1) is 18.8. The molecule has 2 N–H and O–H groups in total. The molecule has 2 aromatic carbocycles. The van der Waals surface area contributed by atoms with Gasteiger partial charge in [0.25, 0.3) is 0 Å². The number of fused-ring (bicyclic) bond motifs is 1. The molecule has 7 heteroatoms. The molecular formula is C20H21F2N3O2. The van der Waals surface area contributed by atoms with Crippen LogP contribution in [0.15, 0.2) is 36.4 Å². The number of nitrogens with one attached hydrogen (secondary N) is 2. The zero-order valence-corrected chi connectivity index (χ0v) is 15.2. The minimum atomic E-state index is -0.857. The Morgan fingerprint density at radius 2 is 1.78 bits per heavy atom. The van der Waals surface area contributed by atoms with Crippen molar-refractivity contribution in [2.24, 2.45) is 5.92 Å². The monoisotopic (exact) mass is 373 g/mol. The number of carbonyl (C=O) groups excluding carboxylic acids is 2. The number of para-hydroxylation sites is 1. The smallest absolute Gasteiger partial charge is 0.312 e. The number of rotatable bonds is 3. The van der Waals surface area contributed by atoms with E-state index < -0.39 is 23.4 Å². The molecule has 0 aromatic heterocycles. The minimum absolute atomic E-state index is 0.0194. The summed E-state index contributed by atoms with van der Waals surface area (Å²) in [4.78, 5) is 26.3. The van der Waals surface area contributed by atoms with E-state index in [1.54, 1.807) is 17.0 Å². The number of halogens is 2. The van der Waals surface area contributed by atoms with Gasteiger partial charge in [0.2, 0.25) is 5.91 Å². The summed E-state index contributed by atoms with van der Waals surface area (Å²) in [5.41, 5.74) is 1.72. The number of benzene rings is 2. The number of amides is 3. The van der Waals surface area contributed by atoms with Crippen LogP contribution in [0.25, 0.3) is 0 Å². The molecule has 5 nitrogen and oxygen atoms in total. The van der Waals surface area contributed by atoms with Gasteiger partial charge in [0.05, 0.1) is 0 Å². The maximum absolute atomic E-state index is 13.7. The van der Waals surface area contributed by atoms with Crippen LogP contribution in [0.3, 0.4) is 0 Å². The van der Waals surface area contributed by atoms with Crippen molar-refractivity contribution in [2.45, 2.75) is 26.7 Å². The predicted molar refractivity (Wildman–Crippen MR) is 101 cm³/mol. The van der Waals surface area contributed by atoms with Crippen LogP contribution in [0.4, 0.5) is 30.6 Å². The van der Waals surface area contributed by atoms with Crippen molar-refractivity contribution in [1.29, 1.82) is 0 Å². The summed E-state index contributed by atoms with van der Waals surface area (Å²) >= 11 is 0. The summed E-state index contributed by atoms with van der Waals surface area (Å²) < 4.78 is 27.3. The normalized spacial score (nSPS) is 13.3. The SMILES string of the molecule is CC(C)C(=O)N1CCCc2ccc(NC(=O)Nc3c(F)cccc3F)cc21. The van der Waals surface area contributed by atoms with E-state index in [0.717, 1.165) is 36.2 Å². The molecule has 0 saturated carbocycles. The highest BCUT2D eigenvalue weighted by Gasteiger charge is 2.24. The van der Waals surface area contributed by atoms with Crippen LogP contribution < -0.4 is 15.5 Å². The third-order valence-corrected chi connectivity index (χ3v) is 4.42. The lowest BCUT2D eigenvalue weighted by Gasteiger charge is -2.31. The molecular weight excluding hydrogens is 352 g/mol. The van der Waals surface area contributed by atoms with Gasteiger partial charge in [0.15, 0.2) is 0 Å². The summed E-state index contributed by atoms with van der Waals surface area (Å²) in [7, 11) is 0. The van der Waals surface area contributed by atoms with Crippen molar-refractivity contribution in [3.8, 4) is 0 Å². The molecule has 0 unspecified atom stereocenters. The number of hydrogen-bond donors (Lipinski definition) is 2. The zero-order chi connectivity index (χ0) is 19.6. The molecule has 1 aliphatic heterocycles. The van der Waals surface area contributed by atoms with E-state index >= 15 is 0 Å². The van der Waals surface area contributed by atoms with Gasteiger partial charge in [-0.1, -0.05) is 26.0 Å². The topological polar surface area (TPSA) is 61.4 Å². The Balaban J connectivity index is 1.79. The van der Waals surface area contributed by atoms with Gasteiger partial charge in [-0.3, -0.25) is 4.79 Å². The molecule has 1 aliphatic rings. The standard InChI is InChI=1S/C20H21F2N3O2/c1-12(2)19(26)25-10-4-5-13-8-9-14(11-17(13)25)23-20(27)24-18-15(21)6-3-7-16(18)22/h3,6-9,11-12H,4-5,10H2,1-2H3,(H2,23,24,27). The maximum Gasteiger partial charge on any atom is 0.323 e. The number of anilines is 3. The van der Waals surface area contributed by atoms with Gasteiger partial charge in [-0.2, -0.15) is 0 Å². The Morgan fingerprint density at radius 3 is 2.44 bits per heavy atom. The molecule has 27 heavy (non-hydrogen) atoms. The molecule has 0 bridgehead atoms. The predicted octanol–water partition coefficient (Wildman–Crippen LogP) is 4.54. The van der Waals surface area contributed by atoms with E-state index in [0.29, 0.717) is 12.2 Å². The van der Waals surface area contributed by atoms with E-state index in [2.05, 4.69) is 10.6 Å². The number of urea groups is 1. The largest absolute Gasteiger partial charge is 0.323 e. The summed E-state index contributed by atoms with van der Waals surface area (Å²) in [5.74, 6) is -1.83. The fourth-order valence-corrected chi connectivity index (χ4v) is 3.09. The number of nitrogens with zero attached hydrogens (tertiary/aromatic N) is 1. The lowest BCUT2D eigenvalue weighted by Crippen LogP contribution is -2.38. The van der Waals surface area contributed by atoms with Gasteiger partial charge in [-0.05, 0) is 42.7 Å². The molecule has 0 aliphatic carbocycles. The quantitative estimate of drug-likeness (QED) is 0.830. The van der Waals surface area contributed by atoms with E-state index in [1.165, 1.54) is 6.07 Å². The van der Waals surface area contributed by atoms with Crippen molar-refractivity contribution in [3.05, 3.63) is 53.6 Å². The maximum atomic E-state index is 13.7. The Morgan fingerprint density at radius 1 is 1.07 bits per heavy atom. The number of carbonyl (C=O) groups is 2. The van der Waals surface area contributed by atoms with Crippen molar-refractivity contribution in [1.82, 2.24) is 0 Å². The first-order valence-electron chi connectivity index (χ1n) is 8.83. The molecule has 2 aromatic rings. The van der Waals surface area contributed by atoms with Crippen LogP contribution in [0.2, 0.25) is 0 Å². The fourth-order valence-electron chi connectivity index (χ4n) is 3.09. The molecule has 142 valence electrons. The van der Waals surface area contributed by atoms with Crippen LogP contribution in [0.1, 0.15) is 25.8 Å². The van der Waals surface area contributed by atoms with Gasteiger partial charge >= 0.3 is 6.03 Å². The Labute approximate surface area is 156 Å². The van der Waals surface area contributed by atoms with E-state index in [4.69, 9.17) is 0 Å². The average molecular weight is 373 g/mol. The lowest BCUT2D eigenvalue weighted by molar-refractivity contribution is -0.121. The fraction of sp³-hybridized carbons (Fsp3) is 0.300. The van der Waals surface area contributed by atoms with E-state index in [1.807, 2.05) is 19.9 Å². The van der Waals surface area contributed by atoms with E-state index in [9.17, 15) is 18.4 Å². The van der Waals surface area contributed by atoms with Gasteiger partial charge in [0.1, 0.15) is 17.3 Å². The minimum Gasteiger partial charge on any atom is -0.312 e. The molecule has 3 amide bonds. The summed E-state index contributed by atoms with van der Waals surface area (Å²) in [5, 5.41) is 4.74. The molecule has 0 fully saturated rings. The zero-order valence-electron chi connectivity index (χ0n) is 15.2. The number of hydrogen-bond acceptors (Lipinski definition) is 2. The number of aryl methyl sites for hydroxylation is 1. The molecule has 0 saturated heterocycles. The lowest BCUT2D eigenvalue weighted by atomic mass is 9.99. The first-order chi connectivity index (χ1) is 12.9. The molecule has 0 spiro atoms. The highest BCUT2D eigenvalue weighted by Crippen LogP contribution is 2.31. The third kappa shape index (κ3) is 4.07. The highest BCUT2D eigenvalue weighted by atomic mass is 19.1. The molecule has 3 rings (SSSR count). The average Bonchev–Trinajstić information content (AvgIpc) is 2.63. The van der Waals surface area contributed by atoms with Crippen molar-refractivity contribution < 1.29 is 18.4 Å². The second kappa shape index (κ2) is 7.73. The van der Waals surface area contributed by atoms with Gasteiger partial charge in [-0.15, -0.1) is 0 Å².